The molecule has 1 aromatic heterocycles. The van der Waals surface area contributed by atoms with Gasteiger partial charge in [-0.15, -0.1) is 12.4 Å². The third-order valence-electron chi connectivity index (χ3n) is 5.50. The van der Waals surface area contributed by atoms with E-state index in [4.69, 9.17) is 0 Å². The minimum Gasteiger partial charge on any atom is -0.377 e. The number of pyridine rings is 1. The summed E-state index contributed by atoms with van der Waals surface area (Å²) in [4.78, 5) is 18.8. The van der Waals surface area contributed by atoms with Crippen LogP contribution in [0.15, 0.2) is 30.5 Å². The third kappa shape index (κ3) is 6.25. The lowest BCUT2D eigenvalue weighted by atomic mass is 9.91. The number of carbonyl (C=O) groups excluding carboxylic acids is 1. The molecule has 1 aromatic carbocycles. The Morgan fingerprint density at radius 1 is 1.09 bits per heavy atom. The first-order chi connectivity index (χ1) is 14.5. The molecule has 0 aliphatic heterocycles. The van der Waals surface area contributed by atoms with Gasteiger partial charge in [0.15, 0.2) is 0 Å². The quantitative estimate of drug-likeness (QED) is 0.586. The van der Waals surface area contributed by atoms with Crippen molar-refractivity contribution in [3.63, 3.8) is 0 Å². The lowest BCUT2D eigenvalue weighted by Gasteiger charge is -2.30. The van der Waals surface area contributed by atoms with Crippen molar-refractivity contribution < 1.29 is 22.4 Å². The fourth-order valence-corrected chi connectivity index (χ4v) is 3.82. The molecule has 1 amide bonds. The third-order valence-corrected chi connectivity index (χ3v) is 5.50. The van der Waals surface area contributed by atoms with Crippen LogP contribution in [0.3, 0.4) is 0 Å². The van der Waals surface area contributed by atoms with Crippen molar-refractivity contribution in [2.75, 3.05) is 24.3 Å². The first-order valence-corrected chi connectivity index (χ1v) is 10.1. The number of rotatable bonds is 5. The number of nitrogens with zero attached hydrogens (tertiary/aromatic N) is 2. The van der Waals surface area contributed by atoms with Gasteiger partial charge in [0.1, 0.15) is 11.6 Å². The van der Waals surface area contributed by atoms with Crippen molar-refractivity contribution in [1.29, 1.82) is 0 Å². The van der Waals surface area contributed by atoms with Crippen LogP contribution >= 0.6 is 12.4 Å². The number of hydrogen-bond donors (Lipinski definition) is 2. The van der Waals surface area contributed by atoms with E-state index in [2.05, 4.69) is 15.6 Å². The van der Waals surface area contributed by atoms with E-state index in [0.717, 1.165) is 36.0 Å². The number of benzene rings is 1. The zero-order valence-electron chi connectivity index (χ0n) is 18.1. The van der Waals surface area contributed by atoms with E-state index in [1.807, 2.05) is 38.2 Å². The SMILES string of the molecule is Cc1cnc(NC2CCC(NC(=O)c3ccc(F)c(C(F)(F)F)c3)CC2)cc1N(C)C.Cl. The minimum absolute atomic E-state index is 0. The Balaban J connectivity index is 0.00000363. The normalized spacial score (nSPS) is 18.5. The maximum atomic E-state index is 13.4. The van der Waals surface area contributed by atoms with E-state index >= 15 is 0 Å². The molecule has 2 N–H and O–H groups in total. The number of halogens is 5. The molecular weight excluding hydrogens is 448 g/mol. The molecule has 0 saturated heterocycles. The molecule has 0 unspecified atom stereocenters. The van der Waals surface area contributed by atoms with Crippen LogP contribution < -0.4 is 15.5 Å². The van der Waals surface area contributed by atoms with Crippen LogP contribution in [0.25, 0.3) is 0 Å². The number of hydrogen-bond acceptors (Lipinski definition) is 4. The number of carbonyl (C=O) groups is 1. The number of alkyl halides is 3. The van der Waals surface area contributed by atoms with E-state index in [-0.39, 0.29) is 30.1 Å². The molecule has 1 saturated carbocycles. The highest BCUT2D eigenvalue weighted by Gasteiger charge is 2.35. The Hall–Kier alpha value is -2.55. The van der Waals surface area contributed by atoms with Crippen molar-refractivity contribution >= 4 is 29.8 Å². The number of aryl methyl sites for hydroxylation is 1. The maximum Gasteiger partial charge on any atom is 0.419 e. The summed E-state index contributed by atoms with van der Waals surface area (Å²) in [6.45, 7) is 2.00. The summed E-state index contributed by atoms with van der Waals surface area (Å²) in [6, 6.07) is 4.35. The summed E-state index contributed by atoms with van der Waals surface area (Å²) in [5.74, 6) is -1.23. The number of nitrogens with one attached hydrogen (secondary N) is 2. The van der Waals surface area contributed by atoms with Crippen LogP contribution in [-0.2, 0) is 6.18 Å². The van der Waals surface area contributed by atoms with Gasteiger partial charge in [0, 0.05) is 49.7 Å². The lowest BCUT2D eigenvalue weighted by Crippen LogP contribution is -2.40. The zero-order chi connectivity index (χ0) is 22.8. The van der Waals surface area contributed by atoms with Gasteiger partial charge in [-0.3, -0.25) is 4.79 Å². The molecule has 10 heteroatoms. The van der Waals surface area contributed by atoms with Gasteiger partial charge in [-0.2, -0.15) is 13.2 Å². The number of anilines is 2. The highest BCUT2D eigenvalue weighted by molar-refractivity contribution is 5.94. The van der Waals surface area contributed by atoms with Crippen LogP contribution in [0.2, 0.25) is 0 Å². The summed E-state index contributed by atoms with van der Waals surface area (Å²) >= 11 is 0. The van der Waals surface area contributed by atoms with Crippen LogP contribution in [0.1, 0.15) is 47.2 Å². The van der Waals surface area contributed by atoms with Crippen molar-refractivity contribution in [3.05, 3.63) is 53.0 Å². The molecule has 0 spiro atoms. The predicted molar refractivity (Wildman–Crippen MR) is 119 cm³/mol. The summed E-state index contributed by atoms with van der Waals surface area (Å²) < 4.78 is 52.1. The highest BCUT2D eigenvalue weighted by atomic mass is 35.5. The fraction of sp³-hybridized carbons (Fsp3) is 0.455. The number of amides is 1. The summed E-state index contributed by atoms with van der Waals surface area (Å²) in [6.07, 6.45) is -0.0850. The molecule has 1 aliphatic rings. The van der Waals surface area contributed by atoms with Gasteiger partial charge in [0.25, 0.3) is 5.91 Å². The molecule has 176 valence electrons. The van der Waals surface area contributed by atoms with Crippen LogP contribution in [0.5, 0.6) is 0 Å². The predicted octanol–water partition coefficient (Wildman–Crippen LogP) is 5.19. The first-order valence-electron chi connectivity index (χ1n) is 10.1. The minimum atomic E-state index is -4.85. The van der Waals surface area contributed by atoms with E-state index in [9.17, 15) is 22.4 Å². The monoisotopic (exact) mass is 474 g/mol. The zero-order valence-corrected chi connectivity index (χ0v) is 18.9. The second-order valence-corrected chi connectivity index (χ2v) is 8.11. The van der Waals surface area contributed by atoms with Gasteiger partial charge in [-0.25, -0.2) is 9.37 Å². The topological polar surface area (TPSA) is 57.3 Å². The average molecular weight is 475 g/mol. The summed E-state index contributed by atoms with van der Waals surface area (Å²) in [5, 5.41) is 6.19. The van der Waals surface area contributed by atoms with E-state index in [1.165, 1.54) is 0 Å². The Kier molecular flexibility index (Phi) is 8.34. The van der Waals surface area contributed by atoms with Crippen LogP contribution in [0, 0.1) is 12.7 Å². The molecule has 2 aromatic rings. The standard InChI is InChI=1S/C22H26F4N4O.ClH/c1-13-12-27-20(11-19(13)30(2)3)28-15-5-7-16(8-6-15)29-21(31)14-4-9-18(23)17(10-14)22(24,25)26;/h4,9-12,15-16H,5-8H2,1-3H3,(H,27,28)(H,29,31);1H. The Morgan fingerprint density at radius 2 is 1.72 bits per heavy atom. The molecule has 32 heavy (non-hydrogen) atoms. The maximum absolute atomic E-state index is 13.4. The van der Waals surface area contributed by atoms with Gasteiger partial charge in [-0.1, -0.05) is 0 Å². The summed E-state index contributed by atoms with van der Waals surface area (Å²) in [5.41, 5.74) is 0.525. The second-order valence-electron chi connectivity index (χ2n) is 8.11. The molecule has 1 aliphatic carbocycles. The van der Waals surface area contributed by atoms with Crippen molar-refractivity contribution in [2.45, 2.75) is 50.9 Å². The van der Waals surface area contributed by atoms with E-state index < -0.39 is 23.5 Å². The summed E-state index contributed by atoms with van der Waals surface area (Å²) in [7, 11) is 3.94. The lowest BCUT2D eigenvalue weighted by molar-refractivity contribution is -0.140. The average Bonchev–Trinajstić information content (AvgIpc) is 2.70. The van der Waals surface area contributed by atoms with Gasteiger partial charge >= 0.3 is 6.18 Å². The van der Waals surface area contributed by atoms with Crippen molar-refractivity contribution in [2.24, 2.45) is 0 Å². The molecule has 1 fully saturated rings. The largest absolute Gasteiger partial charge is 0.419 e. The van der Waals surface area contributed by atoms with Crippen LogP contribution in [0.4, 0.5) is 29.1 Å². The van der Waals surface area contributed by atoms with Gasteiger partial charge in [-0.05, 0) is 56.4 Å². The molecule has 3 rings (SSSR count). The molecule has 5 nitrogen and oxygen atoms in total. The Bertz CT molecular complexity index is 944. The van der Waals surface area contributed by atoms with Gasteiger partial charge in [0.05, 0.1) is 5.56 Å². The Labute approximate surface area is 191 Å². The smallest absolute Gasteiger partial charge is 0.377 e. The molecule has 0 radical (unpaired) electrons. The Morgan fingerprint density at radius 3 is 2.31 bits per heavy atom. The van der Waals surface area contributed by atoms with Crippen LogP contribution in [-0.4, -0.2) is 37.1 Å². The van der Waals surface area contributed by atoms with Gasteiger partial charge in [0.2, 0.25) is 0 Å². The van der Waals surface area contributed by atoms with Gasteiger partial charge < -0.3 is 15.5 Å². The van der Waals surface area contributed by atoms with E-state index in [1.54, 1.807) is 0 Å². The molecular formula is C22H27ClF4N4O. The molecule has 1 heterocycles. The second kappa shape index (κ2) is 10.4. The first kappa shape index (κ1) is 25.7. The molecule has 0 atom stereocenters. The van der Waals surface area contributed by atoms with Crippen molar-refractivity contribution in [3.8, 4) is 0 Å². The number of aromatic nitrogens is 1. The van der Waals surface area contributed by atoms with Crippen molar-refractivity contribution in [1.82, 2.24) is 10.3 Å². The highest BCUT2D eigenvalue weighted by Crippen LogP contribution is 2.32. The fourth-order valence-electron chi connectivity index (χ4n) is 3.82. The van der Waals surface area contributed by atoms with E-state index in [0.29, 0.717) is 25.0 Å². The molecule has 0 bridgehead atoms.